The Hall–Kier alpha value is -2.90. The van der Waals surface area contributed by atoms with Crippen LogP contribution in [-0.4, -0.2) is 41.8 Å². The number of ether oxygens (including phenoxy) is 1. The van der Waals surface area contributed by atoms with E-state index in [1.807, 2.05) is 18.2 Å². The highest BCUT2D eigenvalue weighted by Gasteiger charge is 2.14. The Labute approximate surface area is 192 Å². The molecule has 0 aliphatic rings. The van der Waals surface area contributed by atoms with Gasteiger partial charge in [0.25, 0.3) is 5.91 Å². The first-order valence-electron chi connectivity index (χ1n) is 10.7. The second kappa shape index (κ2) is 12.2. The molecule has 3 rings (SSSR count). The zero-order chi connectivity index (χ0) is 22.8. The van der Waals surface area contributed by atoms with Crippen molar-refractivity contribution in [3.63, 3.8) is 0 Å². The summed E-state index contributed by atoms with van der Waals surface area (Å²) in [4.78, 5) is 15.4. The molecule has 3 aromatic rings. The van der Waals surface area contributed by atoms with E-state index in [-0.39, 0.29) is 17.4 Å². The van der Waals surface area contributed by atoms with Crippen molar-refractivity contribution in [1.82, 2.24) is 10.2 Å². The van der Waals surface area contributed by atoms with Crippen LogP contribution in [0.1, 0.15) is 35.2 Å². The van der Waals surface area contributed by atoms with Crippen molar-refractivity contribution in [2.45, 2.75) is 30.5 Å². The standard InChI is InChI=1S/C25H30N2O4S/c1-3-27(18-20-8-5-4-6-9-20)17-7-16-26-25(28)24-15-12-22(31-24)19-32(29)23-13-10-21(30-2)11-14-23/h4-6,8-15H,3,7,16-19H2,1-2H3,(H,26,28). The summed E-state index contributed by atoms with van der Waals surface area (Å²) >= 11 is 0. The van der Waals surface area contributed by atoms with E-state index >= 15 is 0 Å². The van der Waals surface area contributed by atoms with E-state index in [9.17, 15) is 9.00 Å². The van der Waals surface area contributed by atoms with Crippen molar-refractivity contribution in [1.29, 1.82) is 0 Å². The van der Waals surface area contributed by atoms with Gasteiger partial charge in [-0.25, -0.2) is 0 Å². The summed E-state index contributed by atoms with van der Waals surface area (Å²) < 4.78 is 23.3. The lowest BCUT2D eigenvalue weighted by Crippen LogP contribution is -2.29. The van der Waals surface area contributed by atoms with E-state index in [4.69, 9.17) is 9.15 Å². The van der Waals surface area contributed by atoms with Crippen LogP contribution in [0.4, 0.5) is 0 Å². The minimum atomic E-state index is -1.26. The van der Waals surface area contributed by atoms with Gasteiger partial charge in [-0.15, -0.1) is 0 Å². The van der Waals surface area contributed by atoms with Crippen molar-refractivity contribution in [2.24, 2.45) is 0 Å². The summed E-state index contributed by atoms with van der Waals surface area (Å²) in [7, 11) is 0.328. The molecule has 0 spiro atoms. The van der Waals surface area contributed by atoms with Crippen LogP contribution >= 0.6 is 0 Å². The number of nitrogens with one attached hydrogen (secondary N) is 1. The Morgan fingerprint density at radius 1 is 1.06 bits per heavy atom. The van der Waals surface area contributed by atoms with Gasteiger partial charge in [-0.2, -0.15) is 0 Å². The fraction of sp³-hybridized carbons (Fsp3) is 0.320. The van der Waals surface area contributed by atoms with E-state index in [1.54, 1.807) is 43.5 Å². The predicted molar refractivity (Wildman–Crippen MR) is 126 cm³/mol. The lowest BCUT2D eigenvalue weighted by atomic mass is 10.2. The number of hydrogen-bond donors (Lipinski definition) is 1. The summed E-state index contributed by atoms with van der Waals surface area (Å²) in [6.07, 6.45) is 0.849. The first-order valence-corrected chi connectivity index (χ1v) is 12.1. The highest BCUT2D eigenvalue weighted by atomic mass is 32.2. The van der Waals surface area contributed by atoms with Gasteiger partial charge in [0.2, 0.25) is 0 Å². The number of hydrogen-bond acceptors (Lipinski definition) is 5. The van der Waals surface area contributed by atoms with E-state index in [0.29, 0.717) is 22.9 Å². The number of carbonyl (C=O) groups is 1. The van der Waals surface area contributed by atoms with E-state index in [0.717, 1.165) is 26.1 Å². The molecule has 0 bridgehead atoms. The fourth-order valence-electron chi connectivity index (χ4n) is 3.30. The highest BCUT2D eigenvalue weighted by Crippen LogP contribution is 2.18. The molecular formula is C25H30N2O4S. The zero-order valence-corrected chi connectivity index (χ0v) is 19.4. The number of rotatable bonds is 12. The summed E-state index contributed by atoms with van der Waals surface area (Å²) in [6.45, 7) is 5.46. The molecule has 1 amide bonds. The summed E-state index contributed by atoms with van der Waals surface area (Å²) in [6, 6.07) is 20.8. The van der Waals surface area contributed by atoms with Gasteiger partial charge in [0, 0.05) is 24.5 Å². The van der Waals surface area contributed by atoms with Gasteiger partial charge >= 0.3 is 0 Å². The Kier molecular flexibility index (Phi) is 9.07. The van der Waals surface area contributed by atoms with Crippen molar-refractivity contribution in [2.75, 3.05) is 26.7 Å². The van der Waals surface area contributed by atoms with Gasteiger partial charge in [0.05, 0.1) is 23.7 Å². The average molecular weight is 455 g/mol. The lowest BCUT2D eigenvalue weighted by Gasteiger charge is -2.20. The third-order valence-corrected chi connectivity index (χ3v) is 6.46. The van der Waals surface area contributed by atoms with Crippen molar-refractivity contribution >= 4 is 16.7 Å². The van der Waals surface area contributed by atoms with Crippen LogP contribution in [0.3, 0.4) is 0 Å². The molecule has 32 heavy (non-hydrogen) atoms. The normalized spacial score (nSPS) is 12.0. The molecule has 0 fully saturated rings. The molecule has 1 aromatic heterocycles. The second-order valence-electron chi connectivity index (χ2n) is 7.40. The van der Waals surface area contributed by atoms with Gasteiger partial charge < -0.3 is 14.5 Å². The molecule has 1 unspecified atom stereocenters. The van der Waals surface area contributed by atoms with Crippen LogP contribution < -0.4 is 10.1 Å². The first-order chi connectivity index (χ1) is 15.6. The Morgan fingerprint density at radius 3 is 2.50 bits per heavy atom. The molecule has 0 aliphatic heterocycles. The minimum absolute atomic E-state index is 0.213. The monoisotopic (exact) mass is 454 g/mol. The van der Waals surface area contributed by atoms with Gasteiger partial charge in [0.1, 0.15) is 11.5 Å². The summed E-state index contributed by atoms with van der Waals surface area (Å²) in [5.74, 6) is 1.43. The Morgan fingerprint density at radius 2 is 1.81 bits per heavy atom. The van der Waals surface area contributed by atoms with E-state index < -0.39 is 10.8 Å². The molecule has 0 saturated carbocycles. The number of benzene rings is 2. The molecule has 1 atom stereocenters. The third-order valence-electron chi connectivity index (χ3n) is 5.11. The number of amides is 1. The van der Waals surface area contributed by atoms with Crippen LogP contribution in [0.5, 0.6) is 5.75 Å². The molecule has 0 aliphatic carbocycles. The fourth-order valence-corrected chi connectivity index (χ4v) is 4.32. The zero-order valence-electron chi connectivity index (χ0n) is 18.6. The molecule has 7 heteroatoms. The highest BCUT2D eigenvalue weighted by molar-refractivity contribution is 7.84. The van der Waals surface area contributed by atoms with Crippen molar-refractivity contribution < 1.29 is 18.2 Å². The van der Waals surface area contributed by atoms with E-state index in [1.165, 1.54) is 5.56 Å². The van der Waals surface area contributed by atoms with Crippen LogP contribution in [0.25, 0.3) is 0 Å². The molecule has 6 nitrogen and oxygen atoms in total. The van der Waals surface area contributed by atoms with E-state index in [2.05, 4.69) is 29.3 Å². The smallest absolute Gasteiger partial charge is 0.286 e. The second-order valence-corrected chi connectivity index (χ2v) is 8.85. The molecule has 0 radical (unpaired) electrons. The molecule has 1 N–H and O–H groups in total. The number of furan rings is 1. The van der Waals surface area contributed by atoms with Crippen LogP contribution in [-0.2, 0) is 23.1 Å². The number of methoxy groups -OCH3 is 1. The lowest BCUT2D eigenvalue weighted by molar-refractivity contribution is 0.0922. The molecule has 2 aromatic carbocycles. The Balaban J connectivity index is 1.42. The first kappa shape index (κ1) is 23.8. The molecule has 170 valence electrons. The van der Waals surface area contributed by atoms with Crippen LogP contribution in [0.15, 0.2) is 76.0 Å². The largest absolute Gasteiger partial charge is 0.497 e. The maximum absolute atomic E-state index is 12.5. The number of nitrogens with zero attached hydrogens (tertiary/aromatic N) is 1. The summed E-state index contributed by atoms with van der Waals surface area (Å²) in [5, 5.41) is 2.90. The predicted octanol–water partition coefficient (Wildman–Crippen LogP) is 4.24. The Bertz CT molecular complexity index is 1000. The third kappa shape index (κ3) is 7.07. The van der Waals surface area contributed by atoms with Gasteiger partial charge in [-0.3, -0.25) is 13.9 Å². The van der Waals surface area contributed by atoms with Crippen LogP contribution in [0, 0.1) is 0 Å². The number of carbonyl (C=O) groups excluding carboxylic acids is 1. The molecule has 0 saturated heterocycles. The van der Waals surface area contributed by atoms with Crippen LogP contribution in [0.2, 0.25) is 0 Å². The molecular weight excluding hydrogens is 424 g/mol. The minimum Gasteiger partial charge on any atom is -0.497 e. The van der Waals surface area contributed by atoms with Gasteiger partial charge in [-0.1, -0.05) is 37.3 Å². The quantitative estimate of drug-likeness (QED) is 0.415. The molecule has 1 heterocycles. The van der Waals surface area contributed by atoms with Gasteiger partial charge in [0.15, 0.2) is 5.76 Å². The summed E-state index contributed by atoms with van der Waals surface area (Å²) in [5.41, 5.74) is 1.29. The van der Waals surface area contributed by atoms with Crippen molar-refractivity contribution in [3.05, 3.63) is 83.8 Å². The SMILES string of the molecule is CCN(CCCNC(=O)c1ccc(CS(=O)c2ccc(OC)cc2)o1)Cc1ccccc1. The average Bonchev–Trinajstić information content (AvgIpc) is 3.30. The van der Waals surface area contributed by atoms with Crippen molar-refractivity contribution in [3.8, 4) is 5.75 Å². The van der Waals surface area contributed by atoms with Gasteiger partial charge in [-0.05, 0) is 54.9 Å². The maximum atomic E-state index is 12.5. The topological polar surface area (TPSA) is 71.8 Å². The maximum Gasteiger partial charge on any atom is 0.286 e.